The Morgan fingerprint density at radius 3 is 1.63 bits per heavy atom. The molecule has 0 aromatic rings. The predicted molar refractivity (Wildman–Crippen MR) is 329 cm³/mol. The van der Waals surface area contributed by atoms with Crippen LogP contribution in [0.4, 0.5) is 0 Å². The molecule has 0 radical (unpaired) electrons. The van der Waals surface area contributed by atoms with Gasteiger partial charge in [0.1, 0.15) is 73.2 Å². The lowest BCUT2D eigenvalue weighted by molar-refractivity contribution is -0.396. The topological polar surface area (TPSA) is 400 Å². The summed E-state index contributed by atoms with van der Waals surface area (Å²) in [6.07, 6.45) is -25.6. The second-order valence-corrected chi connectivity index (χ2v) is 26.4. The summed E-state index contributed by atoms with van der Waals surface area (Å²) in [5.41, 5.74) is 0. The SMILES string of the molecule is CCCCCCCCCCCC(=O)O[C@H]1[C@H](O[C@@H]2[C@@H](O)[C@H]3OC(=O)CCCCCCCCCC(CCCCC)O[C@@H]4O[C@H](CO)[C@@H](O)[C@H](O)[C@H]4O[C@H]3O[C@H]2C)O[C@@H](C)[C@H](O[C@@H]2O[C@@H](C)[C@H](OC(=O)CC)[C@@H](OC(=O)C(C)C(C)O)[C@H]2O[C@H]2O[C@H](CO)[C@@H](O)[C@H](O)[C@H]2O)[C@H]1O. The Morgan fingerprint density at radius 2 is 1.00 bits per heavy atom. The summed E-state index contributed by atoms with van der Waals surface area (Å²) in [7, 11) is 0. The number of ether oxygens (including phenoxy) is 14. The molecule has 0 bridgehead atoms. The van der Waals surface area contributed by atoms with Gasteiger partial charge in [0.05, 0.1) is 49.7 Å². The standard InChI is InChI=1S/C66H114O28/c1-9-12-14-15-16-17-20-23-27-31-44(71)88-57-52(79)54(92-66-60(94-62-50(77)48(75)46(73)41(33-67)85-62)59(90-61(80)35(4)36(5)69)55(39(8)83-66)87-43(70)11-3)38(7)81-63(57)91-53-37(6)82-64-58(51(53)78)89-45(72)32-28-24-21-18-19-22-26-30-40(29-25-13-10-2)84-65-56(93-64)49(76)47(74)42(34-68)86-65/h35-42,46-60,62-69,73-79H,9-34H2,1-8H3/t35?,36?,37-,38-,39-,40?,41+,42+,46+,47+,48-,49-,50+,51+,52+,53-,54-,55-,56+,57+,58+,59+,60+,62+,63-,64+,65+,66-/m0/s1. The van der Waals surface area contributed by atoms with Gasteiger partial charge in [-0.3, -0.25) is 19.2 Å². The third kappa shape index (κ3) is 22.5. The monoisotopic (exact) mass is 1350 g/mol. The molecule has 546 valence electrons. The molecule has 3 unspecified atom stereocenters. The van der Waals surface area contributed by atoms with Gasteiger partial charge in [-0.1, -0.05) is 130 Å². The van der Waals surface area contributed by atoms with E-state index in [2.05, 4.69) is 13.8 Å². The van der Waals surface area contributed by atoms with Crippen molar-refractivity contribution in [1.82, 2.24) is 0 Å². The van der Waals surface area contributed by atoms with Crippen LogP contribution in [0.5, 0.6) is 0 Å². The van der Waals surface area contributed by atoms with E-state index in [9.17, 15) is 70.2 Å². The van der Waals surface area contributed by atoms with Gasteiger partial charge in [-0.2, -0.15) is 0 Å². The molecule has 6 saturated heterocycles. The number of rotatable bonds is 28. The van der Waals surface area contributed by atoms with E-state index >= 15 is 0 Å². The van der Waals surface area contributed by atoms with Crippen molar-refractivity contribution in [2.45, 2.75) is 375 Å². The van der Waals surface area contributed by atoms with Crippen molar-refractivity contribution in [3.63, 3.8) is 0 Å². The van der Waals surface area contributed by atoms with Gasteiger partial charge in [-0.25, -0.2) is 0 Å². The molecule has 94 heavy (non-hydrogen) atoms. The van der Waals surface area contributed by atoms with Crippen molar-refractivity contribution < 1.29 is 137 Å². The second kappa shape index (κ2) is 40.4. The minimum absolute atomic E-state index is 0.0608. The summed E-state index contributed by atoms with van der Waals surface area (Å²) < 4.78 is 87.7. The van der Waals surface area contributed by atoms with Crippen molar-refractivity contribution in [3.05, 3.63) is 0 Å². The summed E-state index contributed by atoms with van der Waals surface area (Å²) in [4.78, 5) is 54.9. The molecule has 6 heterocycles. The van der Waals surface area contributed by atoms with Crippen LogP contribution in [0.25, 0.3) is 0 Å². The third-order valence-corrected chi connectivity index (χ3v) is 18.9. The largest absolute Gasteiger partial charge is 0.456 e. The zero-order valence-electron chi connectivity index (χ0n) is 56.4. The Morgan fingerprint density at radius 1 is 0.479 bits per heavy atom. The molecule has 0 aromatic heterocycles. The van der Waals surface area contributed by atoms with Crippen LogP contribution in [-0.4, -0.2) is 254 Å². The molecule has 28 heteroatoms. The highest BCUT2D eigenvalue weighted by molar-refractivity contribution is 5.73. The maximum atomic E-state index is 14.1. The van der Waals surface area contributed by atoms with Crippen LogP contribution in [0.2, 0.25) is 0 Å². The summed E-state index contributed by atoms with van der Waals surface area (Å²) in [6.45, 7) is 11.3. The molecule has 0 saturated carbocycles. The molecule has 28 atom stereocenters. The molecular formula is C66H114O28. The average Bonchev–Trinajstić information content (AvgIpc) is 0.778. The smallest absolute Gasteiger partial charge is 0.311 e. The van der Waals surface area contributed by atoms with Crippen LogP contribution in [0, 0.1) is 5.92 Å². The number of esters is 4. The van der Waals surface area contributed by atoms with Crippen molar-refractivity contribution in [1.29, 1.82) is 0 Å². The predicted octanol–water partition coefficient (Wildman–Crippen LogP) is 3.21. The van der Waals surface area contributed by atoms with E-state index in [4.69, 9.17) is 66.3 Å². The molecule has 6 fully saturated rings. The molecule has 6 rings (SSSR count). The van der Waals surface area contributed by atoms with E-state index < -0.39 is 203 Å². The highest BCUT2D eigenvalue weighted by atomic mass is 16.8. The van der Waals surface area contributed by atoms with Gasteiger partial charge >= 0.3 is 23.9 Å². The van der Waals surface area contributed by atoms with Crippen LogP contribution in [0.3, 0.4) is 0 Å². The summed E-state index contributed by atoms with van der Waals surface area (Å²) in [5, 5.41) is 112. The quantitative estimate of drug-likeness (QED) is 0.0305. The van der Waals surface area contributed by atoms with Crippen LogP contribution in [0.1, 0.15) is 209 Å². The molecule has 6 aliphatic heterocycles. The van der Waals surface area contributed by atoms with E-state index in [1.807, 2.05) is 0 Å². The van der Waals surface area contributed by atoms with Gasteiger partial charge in [-0.05, 0) is 60.3 Å². The van der Waals surface area contributed by atoms with Crippen molar-refractivity contribution >= 4 is 23.9 Å². The lowest BCUT2D eigenvalue weighted by Gasteiger charge is -2.50. The normalized spacial score (nSPS) is 39.7. The Labute approximate surface area is 553 Å². The summed E-state index contributed by atoms with van der Waals surface area (Å²) in [5.74, 6) is -4.51. The Balaban J connectivity index is 1.34. The maximum Gasteiger partial charge on any atom is 0.311 e. The second-order valence-electron chi connectivity index (χ2n) is 26.4. The minimum Gasteiger partial charge on any atom is -0.456 e. The number of carbonyl (C=O) groups excluding carboxylic acids is 4. The fourth-order valence-corrected chi connectivity index (χ4v) is 12.8. The van der Waals surface area contributed by atoms with E-state index in [0.717, 1.165) is 103 Å². The Bertz CT molecular complexity index is 2200. The Kier molecular flexibility index (Phi) is 34.4. The number of hydrogen-bond donors (Lipinski definition) is 10. The van der Waals surface area contributed by atoms with Crippen LogP contribution in [0.15, 0.2) is 0 Å². The van der Waals surface area contributed by atoms with E-state index in [1.54, 1.807) is 0 Å². The number of aliphatic hydroxyl groups excluding tert-OH is 10. The average molecular weight is 1360 g/mol. The maximum absolute atomic E-state index is 14.1. The molecule has 10 N–H and O–H groups in total. The number of aliphatic hydroxyl groups is 10. The van der Waals surface area contributed by atoms with Gasteiger partial charge in [0.2, 0.25) is 0 Å². The number of hydrogen-bond acceptors (Lipinski definition) is 28. The molecule has 0 amide bonds. The molecule has 6 aliphatic rings. The van der Waals surface area contributed by atoms with Crippen LogP contribution >= 0.6 is 0 Å². The first-order valence-corrected chi connectivity index (χ1v) is 35.0. The molecule has 0 aromatic carbocycles. The Hall–Kier alpha value is -2.92. The van der Waals surface area contributed by atoms with Gasteiger partial charge in [0.15, 0.2) is 62.0 Å². The van der Waals surface area contributed by atoms with Crippen molar-refractivity contribution in [2.24, 2.45) is 5.92 Å². The molecular weight excluding hydrogens is 1240 g/mol. The van der Waals surface area contributed by atoms with E-state index in [1.165, 1.54) is 41.5 Å². The highest BCUT2D eigenvalue weighted by Crippen LogP contribution is 2.40. The van der Waals surface area contributed by atoms with E-state index in [-0.39, 0.29) is 25.4 Å². The molecule has 0 aliphatic carbocycles. The summed E-state index contributed by atoms with van der Waals surface area (Å²) >= 11 is 0. The summed E-state index contributed by atoms with van der Waals surface area (Å²) in [6, 6.07) is 0. The van der Waals surface area contributed by atoms with Crippen LogP contribution < -0.4 is 0 Å². The lowest BCUT2D eigenvalue weighted by atomic mass is 9.95. The first-order valence-electron chi connectivity index (χ1n) is 35.0. The number of unbranched alkanes of at least 4 members (excludes halogenated alkanes) is 10. The zero-order valence-corrected chi connectivity index (χ0v) is 56.4. The van der Waals surface area contributed by atoms with Gasteiger partial charge in [0.25, 0.3) is 0 Å². The van der Waals surface area contributed by atoms with Gasteiger partial charge < -0.3 is 117 Å². The fourth-order valence-electron chi connectivity index (χ4n) is 12.8. The van der Waals surface area contributed by atoms with Crippen molar-refractivity contribution in [2.75, 3.05) is 13.2 Å². The molecule has 0 spiro atoms. The van der Waals surface area contributed by atoms with Crippen molar-refractivity contribution in [3.8, 4) is 0 Å². The third-order valence-electron chi connectivity index (χ3n) is 18.9. The number of fused-ring (bicyclic) bond motifs is 2. The van der Waals surface area contributed by atoms with E-state index in [0.29, 0.717) is 32.1 Å². The molecule has 28 nitrogen and oxygen atoms in total. The first kappa shape index (κ1) is 80.1. The van der Waals surface area contributed by atoms with Gasteiger partial charge in [-0.15, -0.1) is 0 Å². The zero-order chi connectivity index (χ0) is 68.8. The van der Waals surface area contributed by atoms with Gasteiger partial charge in [0, 0.05) is 19.3 Å². The van der Waals surface area contributed by atoms with Crippen LogP contribution in [-0.2, 0) is 85.5 Å². The lowest BCUT2D eigenvalue weighted by Crippen LogP contribution is -2.68. The minimum atomic E-state index is -2.05. The first-order chi connectivity index (χ1) is 45.0. The number of carbonyl (C=O) groups is 4. The fraction of sp³-hybridized carbons (Fsp3) is 0.939. The highest BCUT2D eigenvalue weighted by Gasteiger charge is 2.59.